The van der Waals surface area contributed by atoms with Crippen LogP contribution in [0.4, 0.5) is 13.2 Å². The zero-order valence-corrected chi connectivity index (χ0v) is 17.5. The number of aliphatic hydroxyl groups excluding tert-OH is 1. The zero-order chi connectivity index (χ0) is 23.1. The van der Waals surface area contributed by atoms with E-state index in [-0.39, 0.29) is 37.6 Å². The fourth-order valence-corrected chi connectivity index (χ4v) is 2.83. The maximum atomic E-state index is 12.5. The highest BCUT2D eigenvalue weighted by Crippen LogP contribution is 2.30. The van der Waals surface area contributed by atoms with Gasteiger partial charge in [-0.1, -0.05) is 11.6 Å². The molecule has 3 rings (SSSR count). The van der Waals surface area contributed by atoms with E-state index in [4.69, 9.17) is 20.8 Å². The van der Waals surface area contributed by atoms with Crippen LogP contribution in [-0.4, -0.2) is 35.3 Å². The first-order valence-electron chi connectivity index (χ1n) is 9.66. The number of halogens is 4. The third-order valence-electron chi connectivity index (χ3n) is 4.41. The van der Waals surface area contributed by atoms with E-state index >= 15 is 0 Å². The molecular weight excluding hydrogens is 449 g/mol. The molecule has 0 radical (unpaired) electrons. The summed E-state index contributed by atoms with van der Waals surface area (Å²) >= 11 is 5.86. The van der Waals surface area contributed by atoms with Crippen molar-refractivity contribution in [3.63, 3.8) is 0 Å². The molecule has 0 aliphatic rings. The number of aliphatic hydroxyl groups is 1. The van der Waals surface area contributed by atoms with Crippen LogP contribution in [0.5, 0.6) is 5.75 Å². The largest absolute Gasteiger partial charge is 0.491 e. The summed E-state index contributed by atoms with van der Waals surface area (Å²) in [5.74, 6) is 0.831. The third kappa shape index (κ3) is 7.00. The molecule has 0 aliphatic heterocycles. The lowest BCUT2D eigenvalue weighted by atomic mass is 10.2. The molecule has 3 aromatic rings. The van der Waals surface area contributed by atoms with Gasteiger partial charge in [-0.05, 0) is 48.5 Å². The predicted octanol–water partition coefficient (Wildman–Crippen LogP) is 4.50. The Morgan fingerprint density at radius 2 is 1.84 bits per heavy atom. The number of alkyl halides is 3. The smallest absolute Gasteiger partial charge is 0.416 e. The molecule has 6 nitrogen and oxygen atoms in total. The number of benzene rings is 2. The summed E-state index contributed by atoms with van der Waals surface area (Å²) in [7, 11) is 0. The van der Waals surface area contributed by atoms with Crippen molar-refractivity contribution < 1.29 is 32.2 Å². The molecule has 0 saturated heterocycles. The summed E-state index contributed by atoms with van der Waals surface area (Å²) in [6.07, 6.45) is -3.51. The highest BCUT2D eigenvalue weighted by molar-refractivity contribution is 6.30. The SMILES string of the molecule is O=C(CCc1ncc(-c2ccc(Cl)cc2)o1)NCC(O)COc1ccc(C(F)(F)F)cc1. The van der Waals surface area contributed by atoms with Crippen molar-refractivity contribution in [3.05, 3.63) is 71.2 Å². The number of nitrogens with zero attached hydrogens (tertiary/aromatic N) is 1. The van der Waals surface area contributed by atoms with Gasteiger partial charge in [0, 0.05) is 30.0 Å². The van der Waals surface area contributed by atoms with Gasteiger partial charge in [-0.15, -0.1) is 0 Å². The molecule has 1 atom stereocenters. The van der Waals surface area contributed by atoms with Crippen LogP contribution < -0.4 is 10.1 Å². The Balaban J connectivity index is 1.37. The van der Waals surface area contributed by atoms with Gasteiger partial charge in [-0.2, -0.15) is 13.2 Å². The normalized spacial score (nSPS) is 12.4. The molecule has 1 amide bonds. The molecule has 0 fully saturated rings. The summed E-state index contributed by atoms with van der Waals surface area (Å²) in [4.78, 5) is 16.1. The molecule has 2 N–H and O–H groups in total. The van der Waals surface area contributed by atoms with Crippen LogP contribution >= 0.6 is 11.6 Å². The van der Waals surface area contributed by atoms with E-state index in [2.05, 4.69) is 10.3 Å². The number of hydrogen-bond donors (Lipinski definition) is 2. The monoisotopic (exact) mass is 468 g/mol. The maximum Gasteiger partial charge on any atom is 0.416 e. The Hall–Kier alpha value is -3.04. The van der Waals surface area contributed by atoms with Gasteiger partial charge in [-0.3, -0.25) is 4.79 Å². The van der Waals surface area contributed by atoms with Gasteiger partial charge < -0.3 is 19.6 Å². The van der Waals surface area contributed by atoms with Crippen molar-refractivity contribution in [1.82, 2.24) is 10.3 Å². The number of nitrogens with one attached hydrogen (secondary N) is 1. The van der Waals surface area contributed by atoms with Crippen molar-refractivity contribution in [1.29, 1.82) is 0 Å². The zero-order valence-electron chi connectivity index (χ0n) is 16.7. The van der Waals surface area contributed by atoms with Gasteiger partial charge in [-0.25, -0.2) is 4.98 Å². The minimum absolute atomic E-state index is 0.0684. The van der Waals surface area contributed by atoms with Gasteiger partial charge >= 0.3 is 6.18 Å². The number of aromatic nitrogens is 1. The second-order valence-corrected chi connectivity index (χ2v) is 7.35. The van der Waals surface area contributed by atoms with Crippen LogP contribution in [-0.2, 0) is 17.4 Å². The highest BCUT2D eigenvalue weighted by Gasteiger charge is 2.30. The van der Waals surface area contributed by atoms with Gasteiger partial charge in [0.2, 0.25) is 5.91 Å². The number of amides is 1. The Labute approximate surface area is 187 Å². The lowest BCUT2D eigenvalue weighted by molar-refractivity contribution is -0.137. The molecule has 0 spiro atoms. The summed E-state index contributed by atoms with van der Waals surface area (Å²) < 4.78 is 48.5. The summed E-state index contributed by atoms with van der Waals surface area (Å²) in [6, 6.07) is 11.2. The topological polar surface area (TPSA) is 84.6 Å². The fraction of sp³-hybridized carbons (Fsp3) is 0.273. The molecule has 0 bridgehead atoms. The first kappa shape index (κ1) is 23.6. The minimum Gasteiger partial charge on any atom is -0.491 e. The fourth-order valence-electron chi connectivity index (χ4n) is 2.71. The van der Waals surface area contributed by atoms with Crippen LogP contribution in [0.1, 0.15) is 17.9 Å². The number of oxazole rings is 1. The number of carbonyl (C=O) groups excluding carboxylic acids is 1. The van der Waals surface area contributed by atoms with Crippen molar-refractivity contribution in [2.75, 3.05) is 13.2 Å². The van der Waals surface area contributed by atoms with E-state index in [0.29, 0.717) is 16.7 Å². The highest BCUT2D eigenvalue weighted by atomic mass is 35.5. The third-order valence-corrected chi connectivity index (χ3v) is 4.66. The molecule has 1 unspecified atom stereocenters. The lowest BCUT2D eigenvalue weighted by Crippen LogP contribution is -2.35. The minimum atomic E-state index is -4.43. The summed E-state index contributed by atoms with van der Waals surface area (Å²) in [5.41, 5.74) is 0.0257. The number of hydrogen-bond acceptors (Lipinski definition) is 5. The molecule has 1 heterocycles. The molecule has 0 aliphatic carbocycles. The van der Waals surface area contributed by atoms with E-state index in [0.717, 1.165) is 17.7 Å². The average molecular weight is 469 g/mol. The van der Waals surface area contributed by atoms with E-state index in [1.54, 1.807) is 30.5 Å². The molecule has 2 aromatic carbocycles. The van der Waals surface area contributed by atoms with Gasteiger partial charge in [0.25, 0.3) is 0 Å². The van der Waals surface area contributed by atoms with Gasteiger partial charge in [0.1, 0.15) is 18.5 Å². The molecule has 0 saturated carbocycles. The maximum absolute atomic E-state index is 12.5. The second kappa shape index (κ2) is 10.5. The average Bonchev–Trinajstić information content (AvgIpc) is 3.24. The van der Waals surface area contributed by atoms with Gasteiger partial charge in [0.05, 0.1) is 11.8 Å². The second-order valence-electron chi connectivity index (χ2n) is 6.92. The van der Waals surface area contributed by atoms with Crippen LogP contribution in [0, 0.1) is 0 Å². The van der Waals surface area contributed by atoms with Crippen molar-refractivity contribution in [2.45, 2.75) is 25.1 Å². The van der Waals surface area contributed by atoms with Crippen molar-refractivity contribution >= 4 is 17.5 Å². The van der Waals surface area contributed by atoms with E-state index < -0.39 is 17.8 Å². The Morgan fingerprint density at radius 1 is 1.16 bits per heavy atom. The van der Waals surface area contributed by atoms with Crippen molar-refractivity contribution in [3.8, 4) is 17.1 Å². The number of ether oxygens (including phenoxy) is 1. The van der Waals surface area contributed by atoms with E-state index in [1.165, 1.54) is 12.1 Å². The molecule has 32 heavy (non-hydrogen) atoms. The molecular formula is C22H20ClF3N2O4. The van der Waals surface area contributed by atoms with Crippen LogP contribution in [0.3, 0.4) is 0 Å². The first-order valence-corrected chi connectivity index (χ1v) is 10.0. The first-order chi connectivity index (χ1) is 15.2. The van der Waals surface area contributed by atoms with Crippen LogP contribution in [0.15, 0.2) is 59.1 Å². The molecule has 1 aromatic heterocycles. The quantitative estimate of drug-likeness (QED) is 0.483. The Kier molecular flexibility index (Phi) is 7.76. The summed E-state index contributed by atoms with van der Waals surface area (Å²) in [5, 5.41) is 13.1. The van der Waals surface area contributed by atoms with Gasteiger partial charge in [0.15, 0.2) is 11.7 Å². The summed E-state index contributed by atoms with van der Waals surface area (Å²) in [6.45, 7) is -0.253. The van der Waals surface area contributed by atoms with E-state index in [1.807, 2.05) is 0 Å². The van der Waals surface area contributed by atoms with E-state index in [9.17, 15) is 23.1 Å². The van der Waals surface area contributed by atoms with Crippen LogP contribution in [0.2, 0.25) is 5.02 Å². The Morgan fingerprint density at radius 3 is 2.50 bits per heavy atom. The number of aryl methyl sites for hydroxylation is 1. The molecule has 170 valence electrons. The predicted molar refractivity (Wildman–Crippen MR) is 111 cm³/mol. The molecule has 10 heteroatoms. The number of carbonyl (C=O) groups is 1. The number of rotatable bonds is 9. The lowest BCUT2D eigenvalue weighted by Gasteiger charge is -2.14. The van der Waals surface area contributed by atoms with Crippen LogP contribution in [0.25, 0.3) is 11.3 Å². The van der Waals surface area contributed by atoms with Crippen molar-refractivity contribution in [2.24, 2.45) is 0 Å². The standard InChI is InChI=1S/C22H20ClF3N2O4/c23-16-5-1-14(2-6-16)19-12-28-21(32-19)10-9-20(30)27-11-17(29)13-31-18-7-3-15(4-8-18)22(24,25)26/h1-8,12,17,29H,9-11,13H2,(H,27,30). The Bertz CT molecular complexity index is 1020.